The third-order valence-electron chi connectivity index (χ3n) is 8.52. The molecule has 0 spiro atoms. The Kier molecular flexibility index (Phi) is 8.76. The number of amides is 2. The Labute approximate surface area is 228 Å². The van der Waals surface area contributed by atoms with Crippen molar-refractivity contribution in [1.82, 2.24) is 10.2 Å². The molecule has 5 unspecified atom stereocenters. The van der Waals surface area contributed by atoms with Crippen LogP contribution in [0.1, 0.15) is 62.0 Å². The molecule has 10 heteroatoms. The van der Waals surface area contributed by atoms with E-state index < -0.39 is 36.2 Å². The van der Waals surface area contributed by atoms with Crippen LogP contribution in [0.15, 0.2) is 23.8 Å². The number of carbonyl (C=O) groups is 2. The van der Waals surface area contributed by atoms with Gasteiger partial charge in [-0.15, -0.1) is 0 Å². The Balaban J connectivity index is 1.56. The summed E-state index contributed by atoms with van der Waals surface area (Å²) in [6.07, 6.45) is 6.05. The van der Waals surface area contributed by atoms with Crippen LogP contribution in [0.4, 0.5) is 0 Å². The van der Waals surface area contributed by atoms with E-state index in [1.807, 2.05) is 0 Å². The molecule has 1 aromatic carbocycles. The molecular formula is C29H40N2O8. The SMILES string of the molecule is COc1cc(CO)cc2c1OC1C2C(C(=O)NCCO)=CC(N(CC2CCCCC2)C(=O)C2CCCO2)C1O. The van der Waals surface area contributed by atoms with Gasteiger partial charge in [-0.05, 0) is 55.4 Å². The van der Waals surface area contributed by atoms with Gasteiger partial charge in [-0.3, -0.25) is 9.59 Å². The number of hydrogen-bond acceptors (Lipinski definition) is 8. The first-order chi connectivity index (χ1) is 19.0. The molecule has 1 saturated heterocycles. The standard InChI is InChI=1S/C29H40N2O8/c1-37-23-13-18(16-33)12-19-24-20(28(35)30-9-10-32)14-21(25(34)27(24)39-26(19)23)31(15-17-6-3-2-4-7-17)29(36)22-8-5-11-38-22/h12-14,17,21-22,24-25,27,32-34H,2-11,15-16H2,1H3,(H,30,35). The van der Waals surface area contributed by atoms with Crippen molar-refractivity contribution >= 4 is 11.8 Å². The highest BCUT2D eigenvalue weighted by Crippen LogP contribution is 2.51. The Bertz CT molecular complexity index is 1080. The first-order valence-electron chi connectivity index (χ1n) is 14.2. The van der Waals surface area contributed by atoms with Crippen molar-refractivity contribution < 1.29 is 39.1 Å². The van der Waals surface area contributed by atoms with Crippen LogP contribution in [0.2, 0.25) is 0 Å². The zero-order chi connectivity index (χ0) is 27.5. The number of aliphatic hydroxyl groups excluding tert-OH is 3. The van der Waals surface area contributed by atoms with Crippen LogP contribution in [-0.4, -0.2) is 89.8 Å². The molecule has 0 aromatic heterocycles. The van der Waals surface area contributed by atoms with Gasteiger partial charge >= 0.3 is 0 Å². The Morgan fingerprint density at radius 2 is 1.92 bits per heavy atom. The summed E-state index contributed by atoms with van der Waals surface area (Å²) in [7, 11) is 1.50. The predicted octanol–water partition coefficient (Wildman–Crippen LogP) is 1.40. The van der Waals surface area contributed by atoms with E-state index in [2.05, 4.69) is 5.32 Å². The van der Waals surface area contributed by atoms with Gasteiger partial charge in [0.05, 0.1) is 32.3 Å². The molecule has 39 heavy (non-hydrogen) atoms. The maximum atomic E-state index is 13.8. The van der Waals surface area contributed by atoms with E-state index in [1.54, 1.807) is 23.1 Å². The van der Waals surface area contributed by atoms with Crippen LogP contribution in [0.25, 0.3) is 0 Å². The Hall–Kier alpha value is -2.66. The Morgan fingerprint density at radius 1 is 1.13 bits per heavy atom. The fourth-order valence-electron chi connectivity index (χ4n) is 6.58. The number of aliphatic hydroxyl groups is 3. The number of fused-ring (bicyclic) bond motifs is 3. The average molecular weight is 545 g/mol. The molecule has 2 fully saturated rings. The van der Waals surface area contributed by atoms with Gasteiger partial charge in [0.2, 0.25) is 5.91 Å². The third kappa shape index (κ3) is 5.52. The van der Waals surface area contributed by atoms with Crippen molar-refractivity contribution in [2.45, 2.75) is 81.8 Å². The van der Waals surface area contributed by atoms with Crippen LogP contribution >= 0.6 is 0 Å². The third-order valence-corrected chi connectivity index (χ3v) is 8.52. The number of nitrogens with one attached hydrogen (secondary N) is 1. The van der Waals surface area contributed by atoms with Gasteiger partial charge in [-0.1, -0.05) is 19.3 Å². The van der Waals surface area contributed by atoms with Gasteiger partial charge in [-0.25, -0.2) is 0 Å². The maximum absolute atomic E-state index is 13.8. The number of rotatable bonds is 9. The van der Waals surface area contributed by atoms with Crippen LogP contribution < -0.4 is 14.8 Å². The van der Waals surface area contributed by atoms with Crippen molar-refractivity contribution in [2.24, 2.45) is 5.92 Å². The molecule has 10 nitrogen and oxygen atoms in total. The zero-order valence-electron chi connectivity index (χ0n) is 22.5. The quantitative estimate of drug-likeness (QED) is 0.366. The molecule has 0 bridgehead atoms. The minimum absolute atomic E-state index is 0.0646. The molecule has 4 aliphatic rings. The van der Waals surface area contributed by atoms with E-state index in [-0.39, 0.29) is 25.7 Å². The molecule has 1 saturated carbocycles. The minimum atomic E-state index is -1.12. The van der Waals surface area contributed by atoms with Crippen molar-refractivity contribution in [3.63, 3.8) is 0 Å². The summed E-state index contributed by atoms with van der Waals surface area (Å²) in [4.78, 5) is 29.0. The summed E-state index contributed by atoms with van der Waals surface area (Å²) < 4.78 is 17.6. The number of carbonyl (C=O) groups excluding carboxylic acids is 2. The summed E-state index contributed by atoms with van der Waals surface area (Å²) in [6.45, 7) is 0.620. The Morgan fingerprint density at radius 3 is 2.59 bits per heavy atom. The molecule has 2 aliphatic heterocycles. The first-order valence-corrected chi connectivity index (χ1v) is 14.2. The van der Waals surface area contributed by atoms with E-state index in [0.29, 0.717) is 53.7 Å². The van der Waals surface area contributed by atoms with Gasteiger partial charge < -0.3 is 39.7 Å². The summed E-state index contributed by atoms with van der Waals surface area (Å²) in [6, 6.07) is 2.64. The van der Waals surface area contributed by atoms with Crippen molar-refractivity contribution in [3.8, 4) is 11.5 Å². The summed E-state index contributed by atoms with van der Waals surface area (Å²) in [5.74, 6) is -0.0814. The van der Waals surface area contributed by atoms with E-state index in [0.717, 1.165) is 32.1 Å². The normalized spacial score (nSPS) is 28.2. The molecule has 4 N–H and O–H groups in total. The second kappa shape index (κ2) is 12.2. The number of benzene rings is 1. The number of hydrogen-bond donors (Lipinski definition) is 4. The lowest BCUT2D eigenvalue weighted by Gasteiger charge is -2.43. The minimum Gasteiger partial charge on any atom is -0.493 e. The highest BCUT2D eigenvalue weighted by atomic mass is 16.5. The highest BCUT2D eigenvalue weighted by Gasteiger charge is 2.52. The maximum Gasteiger partial charge on any atom is 0.252 e. The molecule has 5 rings (SSSR count). The summed E-state index contributed by atoms with van der Waals surface area (Å²) >= 11 is 0. The van der Waals surface area contributed by atoms with Crippen molar-refractivity contribution in [3.05, 3.63) is 34.9 Å². The average Bonchev–Trinajstić information content (AvgIpc) is 3.64. The van der Waals surface area contributed by atoms with Gasteiger partial charge in [0, 0.05) is 30.8 Å². The smallest absolute Gasteiger partial charge is 0.252 e. The fraction of sp³-hybridized carbons (Fsp3) is 0.655. The number of methoxy groups -OCH3 is 1. The zero-order valence-corrected chi connectivity index (χ0v) is 22.5. The van der Waals surface area contributed by atoms with Crippen LogP contribution in [0.5, 0.6) is 11.5 Å². The van der Waals surface area contributed by atoms with E-state index in [1.165, 1.54) is 13.5 Å². The van der Waals surface area contributed by atoms with Gasteiger partial charge in [0.1, 0.15) is 18.3 Å². The number of nitrogens with zero attached hydrogens (tertiary/aromatic N) is 1. The van der Waals surface area contributed by atoms with Gasteiger partial charge in [-0.2, -0.15) is 0 Å². The molecule has 1 aromatic rings. The highest BCUT2D eigenvalue weighted by molar-refractivity contribution is 5.96. The lowest BCUT2D eigenvalue weighted by Crippen LogP contribution is -2.58. The monoisotopic (exact) mass is 544 g/mol. The fourth-order valence-corrected chi connectivity index (χ4v) is 6.58. The predicted molar refractivity (Wildman–Crippen MR) is 141 cm³/mol. The second-order valence-corrected chi connectivity index (χ2v) is 11.0. The lowest BCUT2D eigenvalue weighted by atomic mass is 9.76. The summed E-state index contributed by atoms with van der Waals surface area (Å²) in [5.41, 5.74) is 1.58. The molecule has 5 atom stereocenters. The number of ether oxygens (including phenoxy) is 3. The lowest BCUT2D eigenvalue weighted by molar-refractivity contribution is -0.147. The van der Waals surface area contributed by atoms with Crippen LogP contribution in [0.3, 0.4) is 0 Å². The van der Waals surface area contributed by atoms with Crippen LogP contribution in [0, 0.1) is 5.92 Å². The molecule has 2 aliphatic carbocycles. The van der Waals surface area contributed by atoms with E-state index in [4.69, 9.17) is 14.2 Å². The molecule has 214 valence electrons. The van der Waals surface area contributed by atoms with Crippen LogP contribution in [-0.2, 0) is 20.9 Å². The van der Waals surface area contributed by atoms with Gasteiger partial charge in [0.15, 0.2) is 11.5 Å². The first kappa shape index (κ1) is 27.9. The van der Waals surface area contributed by atoms with Crippen molar-refractivity contribution in [1.29, 1.82) is 0 Å². The molecule has 0 radical (unpaired) electrons. The largest absolute Gasteiger partial charge is 0.493 e. The van der Waals surface area contributed by atoms with Crippen molar-refractivity contribution in [2.75, 3.05) is 33.4 Å². The topological polar surface area (TPSA) is 138 Å². The van der Waals surface area contributed by atoms with Gasteiger partial charge in [0.25, 0.3) is 5.91 Å². The molecular weight excluding hydrogens is 504 g/mol. The van der Waals surface area contributed by atoms with E-state index >= 15 is 0 Å². The molecule has 2 heterocycles. The molecule has 2 amide bonds. The summed E-state index contributed by atoms with van der Waals surface area (Å²) in [5, 5.41) is 33.7. The second-order valence-electron chi connectivity index (χ2n) is 11.0. The van der Waals surface area contributed by atoms with E-state index in [9.17, 15) is 24.9 Å².